The highest BCUT2D eigenvalue weighted by molar-refractivity contribution is 5.99. The summed E-state index contributed by atoms with van der Waals surface area (Å²) < 4.78 is 31.1. The van der Waals surface area contributed by atoms with E-state index >= 15 is 0 Å². The molecule has 0 aliphatic heterocycles. The van der Waals surface area contributed by atoms with E-state index in [1.807, 2.05) is 6.92 Å². The molecule has 2 N–H and O–H groups in total. The molecule has 0 bridgehead atoms. The van der Waals surface area contributed by atoms with E-state index in [0.717, 1.165) is 18.2 Å². The van der Waals surface area contributed by atoms with E-state index in [9.17, 15) is 18.4 Å². The van der Waals surface area contributed by atoms with Crippen LogP contribution < -0.4 is 15.6 Å². The Morgan fingerprint density at radius 2 is 1.48 bits per heavy atom. The van der Waals surface area contributed by atoms with Crippen molar-refractivity contribution in [2.75, 3.05) is 6.61 Å². The predicted octanol–water partition coefficient (Wildman–Crippen LogP) is 2.44. The molecule has 0 unspecified atom stereocenters. The fraction of sp³-hybridized carbons (Fsp3) is 0.125. The van der Waals surface area contributed by atoms with Crippen LogP contribution in [0.2, 0.25) is 0 Å². The van der Waals surface area contributed by atoms with Gasteiger partial charge in [-0.25, -0.2) is 8.78 Å². The molecule has 0 aliphatic carbocycles. The maximum atomic E-state index is 13.0. The van der Waals surface area contributed by atoms with E-state index in [2.05, 4.69) is 10.9 Å². The Labute approximate surface area is 131 Å². The van der Waals surface area contributed by atoms with Crippen LogP contribution in [0.5, 0.6) is 5.75 Å². The third-order valence-corrected chi connectivity index (χ3v) is 2.90. The van der Waals surface area contributed by atoms with Crippen molar-refractivity contribution in [2.24, 2.45) is 0 Å². The summed E-state index contributed by atoms with van der Waals surface area (Å²) in [4.78, 5) is 23.6. The second-order valence-corrected chi connectivity index (χ2v) is 4.49. The lowest BCUT2D eigenvalue weighted by molar-refractivity contribution is 0.0846. The fourth-order valence-electron chi connectivity index (χ4n) is 1.76. The largest absolute Gasteiger partial charge is 0.494 e. The van der Waals surface area contributed by atoms with Crippen LogP contribution in [0.1, 0.15) is 27.6 Å². The smallest absolute Gasteiger partial charge is 0.269 e. The van der Waals surface area contributed by atoms with Crippen LogP contribution in [0.15, 0.2) is 42.5 Å². The molecule has 2 rings (SSSR count). The molecule has 0 radical (unpaired) electrons. The maximum Gasteiger partial charge on any atom is 0.269 e. The van der Waals surface area contributed by atoms with Crippen molar-refractivity contribution in [1.29, 1.82) is 0 Å². The first-order valence-electron chi connectivity index (χ1n) is 6.80. The summed E-state index contributed by atoms with van der Waals surface area (Å²) in [6.07, 6.45) is 0. The van der Waals surface area contributed by atoms with Crippen LogP contribution in [0.3, 0.4) is 0 Å². The summed E-state index contributed by atoms with van der Waals surface area (Å²) in [7, 11) is 0. The van der Waals surface area contributed by atoms with Crippen molar-refractivity contribution in [2.45, 2.75) is 6.92 Å². The van der Waals surface area contributed by atoms with Crippen molar-refractivity contribution < 1.29 is 23.1 Å². The van der Waals surface area contributed by atoms with Crippen molar-refractivity contribution in [1.82, 2.24) is 10.9 Å². The average Bonchev–Trinajstić information content (AvgIpc) is 2.56. The van der Waals surface area contributed by atoms with Crippen molar-refractivity contribution in [3.8, 4) is 5.75 Å². The van der Waals surface area contributed by atoms with Gasteiger partial charge in [-0.15, -0.1) is 0 Å². The topological polar surface area (TPSA) is 67.4 Å². The molecule has 5 nitrogen and oxygen atoms in total. The molecular weight excluding hydrogens is 306 g/mol. The lowest BCUT2D eigenvalue weighted by Crippen LogP contribution is -2.41. The van der Waals surface area contributed by atoms with Crippen LogP contribution in [0.4, 0.5) is 8.78 Å². The van der Waals surface area contributed by atoms with Crippen molar-refractivity contribution in [3.63, 3.8) is 0 Å². The normalized spacial score (nSPS) is 10.0. The first-order chi connectivity index (χ1) is 11.0. The van der Waals surface area contributed by atoms with Crippen LogP contribution in [-0.2, 0) is 0 Å². The predicted molar refractivity (Wildman–Crippen MR) is 78.9 cm³/mol. The van der Waals surface area contributed by atoms with Gasteiger partial charge in [0.15, 0.2) is 11.6 Å². The Morgan fingerprint density at radius 3 is 2.04 bits per heavy atom. The standard InChI is InChI=1S/C16H14F2N2O3/c1-2-23-12-6-3-10(4-7-12)15(21)19-20-16(22)11-5-8-13(17)14(18)9-11/h3-9H,2H2,1H3,(H,19,21)(H,20,22). The van der Waals surface area contributed by atoms with Gasteiger partial charge in [0.05, 0.1) is 6.61 Å². The zero-order valence-corrected chi connectivity index (χ0v) is 12.2. The molecule has 0 aliphatic rings. The molecule has 2 aromatic carbocycles. The summed E-state index contributed by atoms with van der Waals surface area (Å²) in [5.74, 6) is -2.89. The van der Waals surface area contributed by atoms with E-state index < -0.39 is 23.4 Å². The van der Waals surface area contributed by atoms with E-state index in [4.69, 9.17) is 4.74 Å². The summed E-state index contributed by atoms with van der Waals surface area (Å²) in [6.45, 7) is 2.35. The first kappa shape index (κ1) is 16.4. The fourth-order valence-corrected chi connectivity index (χ4v) is 1.76. The number of halogens is 2. The van der Waals surface area contributed by atoms with Gasteiger partial charge < -0.3 is 4.74 Å². The summed E-state index contributed by atoms with van der Waals surface area (Å²) in [5, 5.41) is 0. The molecule has 2 aromatic rings. The number of hydrogen-bond donors (Lipinski definition) is 2. The minimum atomic E-state index is -1.14. The minimum absolute atomic E-state index is 0.115. The molecule has 0 aromatic heterocycles. The number of rotatable bonds is 4. The zero-order chi connectivity index (χ0) is 16.8. The number of carbonyl (C=O) groups excluding carboxylic acids is 2. The van der Waals surface area contributed by atoms with Gasteiger partial charge in [0, 0.05) is 11.1 Å². The molecule has 23 heavy (non-hydrogen) atoms. The van der Waals surface area contributed by atoms with Gasteiger partial charge in [0.25, 0.3) is 11.8 Å². The Balaban J connectivity index is 1.95. The van der Waals surface area contributed by atoms with Crippen LogP contribution in [0.25, 0.3) is 0 Å². The third kappa shape index (κ3) is 4.26. The molecule has 0 fully saturated rings. The summed E-state index contributed by atoms with van der Waals surface area (Å²) >= 11 is 0. The lowest BCUT2D eigenvalue weighted by atomic mass is 10.2. The Bertz CT molecular complexity index is 718. The molecule has 0 saturated heterocycles. The van der Waals surface area contributed by atoms with Crippen LogP contribution in [0, 0.1) is 11.6 Å². The number of ether oxygens (including phenoxy) is 1. The number of hydrazine groups is 1. The van der Waals surface area contributed by atoms with Gasteiger partial charge >= 0.3 is 0 Å². The molecule has 0 saturated carbocycles. The van der Waals surface area contributed by atoms with Crippen molar-refractivity contribution >= 4 is 11.8 Å². The molecule has 0 heterocycles. The van der Waals surface area contributed by atoms with Crippen molar-refractivity contribution in [3.05, 3.63) is 65.2 Å². The Kier molecular flexibility index (Phi) is 5.24. The molecule has 7 heteroatoms. The van der Waals surface area contributed by atoms with Gasteiger partial charge in [0.1, 0.15) is 5.75 Å². The van der Waals surface area contributed by atoms with E-state index in [1.54, 1.807) is 12.1 Å². The number of carbonyl (C=O) groups is 2. The SMILES string of the molecule is CCOc1ccc(C(=O)NNC(=O)c2ccc(F)c(F)c2)cc1. The van der Waals surface area contributed by atoms with Crippen LogP contribution >= 0.6 is 0 Å². The number of benzene rings is 2. The molecule has 120 valence electrons. The van der Waals surface area contributed by atoms with Gasteiger partial charge in [-0.2, -0.15) is 0 Å². The molecule has 0 spiro atoms. The highest BCUT2D eigenvalue weighted by Gasteiger charge is 2.11. The van der Waals surface area contributed by atoms with E-state index in [0.29, 0.717) is 17.9 Å². The Morgan fingerprint density at radius 1 is 0.913 bits per heavy atom. The third-order valence-electron chi connectivity index (χ3n) is 2.90. The van der Waals surface area contributed by atoms with Gasteiger partial charge in [-0.3, -0.25) is 20.4 Å². The second kappa shape index (κ2) is 7.35. The van der Waals surface area contributed by atoms with Crippen LogP contribution in [-0.4, -0.2) is 18.4 Å². The first-order valence-corrected chi connectivity index (χ1v) is 6.80. The minimum Gasteiger partial charge on any atom is -0.494 e. The van der Waals surface area contributed by atoms with Gasteiger partial charge in [-0.1, -0.05) is 0 Å². The van der Waals surface area contributed by atoms with Gasteiger partial charge in [0.2, 0.25) is 0 Å². The number of hydrogen-bond acceptors (Lipinski definition) is 3. The van der Waals surface area contributed by atoms with E-state index in [-0.39, 0.29) is 5.56 Å². The number of nitrogens with one attached hydrogen (secondary N) is 2. The number of amides is 2. The quantitative estimate of drug-likeness (QED) is 0.850. The second-order valence-electron chi connectivity index (χ2n) is 4.49. The van der Waals surface area contributed by atoms with E-state index in [1.165, 1.54) is 12.1 Å². The highest BCUT2D eigenvalue weighted by atomic mass is 19.2. The average molecular weight is 320 g/mol. The lowest BCUT2D eigenvalue weighted by Gasteiger charge is -2.08. The summed E-state index contributed by atoms with van der Waals surface area (Å²) in [6, 6.07) is 8.99. The highest BCUT2D eigenvalue weighted by Crippen LogP contribution is 2.12. The molecule has 2 amide bonds. The Hall–Kier alpha value is -2.96. The zero-order valence-electron chi connectivity index (χ0n) is 12.2. The maximum absolute atomic E-state index is 13.0. The monoisotopic (exact) mass is 320 g/mol. The summed E-state index contributed by atoms with van der Waals surface area (Å²) in [5.41, 5.74) is 4.50. The van der Waals surface area contributed by atoms with Gasteiger partial charge in [-0.05, 0) is 49.4 Å². The molecule has 0 atom stereocenters. The molecular formula is C16H14F2N2O3.